The molecular formula is C63H120N2O6P+. The van der Waals surface area contributed by atoms with Gasteiger partial charge in [-0.25, -0.2) is 4.57 Å². The lowest BCUT2D eigenvalue weighted by atomic mass is 10.0. The number of likely N-dealkylation sites (N-methyl/N-ethyl adjacent to an activating group) is 1. The Labute approximate surface area is 447 Å². The van der Waals surface area contributed by atoms with Crippen molar-refractivity contribution in [3.8, 4) is 0 Å². The molecule has 72 heavy (non-hydrogen) atoms. The number of carbonyl (C=O) groups is 1. The SMILES string of the molecule is CCCCCCC/C=C\C/C=C\C/C=C\CCCCCCCCCCCCCCCCCCCCCCCCCCC(=O)NC(COP(=O)(O)OCC[N+](C)(C)C)C(O)/C=C/CC/C=C/CCCCCCC. The van der Waals surface area contributed by atoms with Gasteiger partial charge in [0.2, 0.25) is 5.91 Å². The van der Waals surface area contributed by atoms with Crippen molar-refractivity contribution < 1.29 is 32.9 Å². The molecule has 0 rings (SSSR count). The molecule has 3 unspecified atom stereocenters. The number of allylic oxidation sites excluding steroid dienone is 9. The molecule has 0 aromatic heterocycles. The van der Waals surface area contributed by atoms with Crippen molar-refractivity contribution in [1.82, 2.24) is 5.32 Å². The molecule has 1 amide bonds. The fraction of sp³-hybridized carbons (Fsp3) is 0.825. The van der Waals surface area contributed by atoms with E-state index in [0.29, 0.717) is 17.4 Å². The number of unbranched alkanes of at least 4 members (excludes halogenated alkanes) is 35. The van der Waals surface area contributed by atoms with Crippen LogP contribution in [0.1, 0.15) is 284 Å². The van der Waals surface area contributed by atoms with E-state index in [1.165, 1.54) is 212 Å². The third-order valence-electron chi connectivity index (χ3n) is 13.7. The number of hydrogen-bond donors (Lipinski definition) is 3. The summed E-state index contributed by atoms with van der Waals surface area (Å²) in [6, 6.07) is -0.861. The van der Waals surface area contributed by atoms with Gasteiger partial charge in [-0.2, -0.15) is 0 Å². The molecule has 0 saturated heterocycles. The molecule has 0 aliphatic carbocycles. The number of phosphoric ester groups is 1. The summed E-state index contributed by atoms with van der Waals surface area (Å²) in [5.74, 6) is -0.185. The topological polar surface area (TPSA) is 105 Å². The van der Waals surface area contributed by atoms with Gasteiger partial charge in [-0.3, -0.25) is 13.8 Å². The van der Waals surface area contributed by atoms with E-state index in [2.05, 4.69) is 67.8 Å². The molecule has 8 nitrogen and oxygen atoms in total. The molecule has 0 saturated carbocycles. The van der Waals surface area contributed by atoms with Gasteiger partial charge >= 0.3 is 7.82 Å². The van der Waals surface area contributed by atoms with Gasteiger partial charge in [-0.05, 0) is 70.6 Å². The van der Waals surface area contributed by atoms with E-state index < -0.39 is 20.0 Å². The number of amides is 1. The van der Waals surface area contributed by atoms with Gasteiger partial charge in [0, 0.05) is 6.42 Å². The van der Waals surface area contributed by atoms with Crippen molar-refractivity contribution in [2.24, 2.45) is 0 Å². The van der Waals surface area contributed by atoms with Gasteiger partial charge in [0.25, 0.3) is 0 Å². The summed E-state index contributed by atoms with van der Waals surface area (Å²) < 4.78 is 23.6. The molecule has 0 aromatic carbocycles. The molecule has 0 bridgehead atoms. The molecule has 0 aliphatic rings. The minimum absolute atomic E-state index is 0.0563. The van der Waals surface area contributed by atoms with Gasteiger partial charge in [0.05, 0.1) is 39.9 Å². The smallest absolute Gasteiger partial charge is 0.387 e. The fourth-order valence-electron chi connectivity index (χ4n) is 8.89. The van der Waals surface area contributed by atoms with E-state index in [-0.39, 0.29) is 19.1 Å². The van der Waals surface area contributed by atoms with Crippen LogP contribution in [0.4, 0.5) is 0 Å². The first kappa shape index (κ1) is 70.2. The van der Waals surface area contributed by atoms with Gasteiger partial charge in [0.1, 0.15) is 13.2 Å². The number of carbonyl (C=O) groups excluding carboxylic acids is 1. The molecule has 0 spiro atoms. The largest absolute Gasteiger partial charge is 0.472 e. The minimum Gasteiger partial charge on any atom is -0.387 e. The molecule has 0 heterocycles. The summed E-state index contributed by atoms with van der Waals surface area (Å²) >= 11 is 0. The maximum Gasteiger partial charge on any atom is 0.472 e. The Kier molecular flexibility index (Phi) is 52.7. The summed E-state index contributed by atoms with van der Waals surface area (Å²) in [5.41, 5.74) is 0. The minimum atomic E-state index is -4.35. The Morgan fingerprint density at radius 3 is 1.21 bits per heavy atom. The molecule has 3 N–H and O–H groups in total. The van der Waals surface area contributed by atoms with Crippen LogP contribution in [0.2, 0.25) is 0 Å². The van der Waals surface area contributed by atoms with Crippen LogP contribution in [-0.4, -0.2) is 73.4 Å². The summed E-state index contributed by atoms with van der Waals surface area (Å²) in [4.78, 5) is 23.2. The van der Waals surface area contributed by atoms with Gasteiger partial charge < -0.3 is 19.8 Å². The van der Waals surface area contributed by atoms with E-state index in [0.717, 1.165) is 51.4 Å². The van der Waals surface area contributed by atoms with Crippen LogP contribution < -0.4 is 5.32 Å². The van der Waals surface area contributed by atoms with E-state index >= 15 is 0 Å². The monoisotopic (exact) mass is 1030 g/mol. The van der Waals surface area contributed by atoms with Crippen molar-refractivity contribution in [3.05, 3.63) is 60.8 Å². The van der Waals surface area contributed by atoms with Crippen molar-refractivity contribution in [3.63, 3.8) is 0 Å². The van der Waals surface area contributed by atoms with Crippen LogP contribution >= 0.6 is 7.82 Å². The first-order valence-electron chi connectivity index (χ1n) is 30.7. The Balaban J connectivity index is 3.86. The maximum atomic E-state index is 12.9. The number of aliphatic hydroxyl groups excluding tert-OH is 1. The molecule has 0 aliphatic heterocycles. The van der Waals surface area contributed by atoms with Gasteiger partial charge in [-0.15, -0.1) is 0 Å². The van der Waals surface area contributed by atoms with Crippen molar-refractivity contribution >= 4 is 13.7 Å². The first-order chi connectivity index (χ1) is 35.0. The molecule has 0 aromatic rings. The highest BCUT2D eigenvalue weighted by atomic mass is 31.2. The zero-order valence-corrected chi connectivity index (χ0v) is 49.1. The highest BCUT2D eigenvalue weighted by Crippen LogP contribution is 2.43. The zero-order chi connectivity index (χ0) is 52.7. The highest BCUT2D eigenvalue weighted by Gasteiger charge is 2.27. The van der Waals surface area contributed by atoms with Crippen LogP contribution in [0.25, 0.3) is 0 Å². The third-order valence-corrected chi connectivity index (χ3v) is 14.7. The molecule has 0 radical (unpaired) electrons. The second-order valence-electron chi connectivity index (χ2n) is 22.1. The highest BCUT2D eigenvalue weighted by molar-refractivity contribution is 7.47. The molecule has 3 atom stereocenters. The lowest BCUT2D eigenvalue weighted by molar-refractivity contribution is -0.870. The Hall–Kier alpha value is -1.80. The van der Waals surface area contributed by atoms with Crippen molar-refractivity contribution in [1.29, 1.82) is 0 Å². The molecule has 0 fully saturated rings. The van der Waals surface area contributed by atoms with E-state index in [9.17, 15) is 19.4 Å². The predicted molar refractivity (Wildman–Crippen MR) is 314 cm³/mol. The standard InChI is InChI=1S/C63H119N2O6P/c1-6-8-10-12-14-16-18-19-20-21-22-23-24-25-26-27-28-29-30-31-32-33-34-35-36-37-38-39-40-41-42-43-44-45-47-49-51-53-55-57-63(67)64-61(60-71-72(68,69)70-59-58-65(3,4)5)62(66)56-54-52-50-48-46-17-15-13-11-9-7-2/h18-19,21-22,24-25,46,48,54,56,61-62,66H,6-17,20,23,26-45,47,49-53,55,57-60H2,1-5H3,(H-,64,67,68,69)/p+1/b19-18-,22-21-,25-24-,48-46+,56-54+. The second-order valence-corrected chi connectivity index (χ2v) is 23.5. The van der Waals surface area contributed by atoms with E-state index in [4.69, 9.17) is 9.05 Å². The van der Waals surface area contributed by atoms with Crippen LogP contribution in [0.15, 0.2) is 60.8 Å². The fourth-order valence-corrected chi connectivity index (χ4v) is 9.63. The van der Waals surface area contributed by atoms with Crippen LogP contribution in [-0.2, 0) is 18.4 Å². The average Bonchev–Trinajstić information content (AvgIpc) is 3.34. The summed E-state index contributed by atoms with van der Waals surface area (Å²) in [6.07, 6.45) is 73.7. The number of hydrogen-bond acceptors (Lipinski definition) is 5. The normalized spacial score (nSPS) is 14.3. The Morgan fingerprint density at radius 1 is 0.472 bits per heavy atom. The maximum absolute atomic E-state index is 12.9. The number of nitrogens with zero attached hydrogens (tertiary/aromatic N) is 1. The summed E-state index contributed by atoms with van der Waals surface area (Å²) in [7, 11) is 1.56. The molecule has 9 heteroatoms. The predicted octanol–water partition coefficient (Wildman–Crippen LogP) is 18.9. The van der Waals surface area contributed by atoms with Crippen LogP contribution in [0.3, 0.4) is 0 Å². The van der Waals surface area contributed by atoms with Crippen molar-refractivity contribution in [2.75, 3.05) is 40.9 Å². The first-order valence-corrected chi connectivity index (χ1v) is 32.2. The van der Waals surface area contributed by atoms with E-state index in [1.54, 1.807) is 6.08 Å². The molecular weight excluding hydrogens is 912 g/mol. The van der Waals surface area contributed by atoms with Crippen LogP contribution in [0.5, 0.6) is 0 Å². The van der Waals surface area contributed by atoms with E-state index in [1.807, 2.05) is 27.2 Å². The van der Waals surface area contributed by atoms with Gasteiger partial charge in [0.15, 0.2) is 0 Å². The number of rotatable bonds is 56. The number of aliphatic hydroxyl groups is 1. The lowest BCUT2D eigenvalue weighted by Crippen LogP contribution is -2.45. The number of phosphoric acid groups is 1. The van der Waals surface area contributed by atoms with Gasteiger partial charge in [-0.1, -0.05) is 267 Å². The summed E-state index contributed by atoms with van der Waals surface area (Å²) in [5, 5.41) is 13.8. The van der Waals surface area contributed by atoms with Crippen molar-refractivity contribution in [2.45, 2.75) is 296 Å². The zero-order valence-electron chi connectivity index (χ0n) is 48.2. The average molecular weight is 1030 g/mol. The van der Waals surface area contributed by atoms with Crippen LogP contribution in [0, 0.1) is 0 Å². The number of quaternary nitrogens is 1. The summed E-state index contributed by atoms with van der Waals surface area (Å²) in [6.45, 7) is 4.77. The second kappa shape index (κ2) is 54.0. The third kappa shape index (κ3) is 55.9. The molecule has 422 valence electrons. The Bertz CT molecular complexity index is 1360. The number of nitrogens with one attached hydrogen (secondary N) is 1. The lowest BCUT2D eigenvalue weighted by Gasteiger charge is -2.25. The quantitative estimate of drug-likeness (QED) is 0.0243. The Morgan fingerprint density at radius 2 is 0.806 bits per heavy atom.